The molecule has 0 aromatic rings. The maximum Gasteiger partial charge on any atom is 0.114 e. The predicted octanol–water partition coefficient (Wildman–Crippen LogP) is 0.861. The van der Waals surface area contributed by atoms with Crippen molar-refractivity contribution < 1.29 is 0 Å². The molecule has 0 aliphatic rings. The molecule has 1 unspecified atom stereocenters. The Morgan fingerprint density at radius 3 is 2.25 bits per heavy atom. The number of nitrogens with one attached hydrogen (secondary N) is 1. The first-order valence-corrected chi connectivity index (χ1v) is 2.94. The van der Waals surface area contributed by atoms with E-state index in [1.807, 2.05) is 6.92 Å². The quantitative estimate of drug-likeness (QED) is 0.321. The maximum atomic E-state index is 5.65. The first kappa shape index (κ1) is 7.76. The molecule has 0 radical (unpaired) electrons. The lowest BCUT2D eigenvalue weighted by Gasteiger charge is -2.04. The van der Waals surface area contributed by atoms with Crippen molar-refractivity contribution in [2.45, 2.75) is 12.3 Å². The van der Waals surface area contributed by atoms with Crippen LogP contribution in [0.1, 0.15) is 6.92 Å². The SMILES string of the molecule is CN=C(NC)C(C)Cl. The lowest BCUT2D eigenvalue weighted by Crippen LogP contribution is -2.25. The number of hydrogen-bond donors (Lipinski definition) is 1. The van der Waals surface area contributed by atoms with Gasteiger partial charge in [0.25, 0.3) is 0 Å². The molecule has 0 amide bonds. The summed E-state index contributed by atoms with van der Waals surface area (Å²) in [5.74, 6) is 0.826. The number of halogens is 1. The highest BCUT2D eigenvalue weighted by Crippen LogP contribution is 1.92. The fourth-order valence-electron chi connectivity index (χ4n) is 0.489. The molecule has 0 saturated carbocycles. The topological polar surface area (TPSA) is 24.4 Å². The van der Waals surface area contributed by atoms with E-state index >= 15 is 0 Å². The van der Waals surface area contributed by atoms with Gasteiger partial charge in [0.05, 0.1) is 5.38 Å². The Bertz CT molecular complexity index is 88.4. The standard InChI is InChI=1S/C5H11ClN2/c1-4(6)5(7-2)8-3/h4H,1-3H3,(H,7,8). The molecule has 8 heavy (non-hydrogen) atoms. The molecule has 48 valence electrons. The summed E-state index contributed by atoms with van der Waals surface area (Å²) in [4.78, 5) is 3.88. The van der Waals surface area contributed by atoms with Crippen molar-refractivity contribution in [3.05, 3.63) is 0 Å². The Hall–Kier alpha value is -0.240. The molecule has 0 aromatic carbocycles. The van der Waals surface area contributed by atoms with Gasteiger partial charge in [-0.3, -0.25) is 4.99 Å². The summed E-state index contributed by atoms with van der Waals surface area (Å²) in [6.07, 6.45) is 0. The van der Waals surface area contributed by atoms with Crippen molar-refractivity contribution >= 4 is 17.4 Å². The van der Waals surface area contributed by atoms with Gasteiger partial charge >= 0.3 is 0 Å². The molecule has 0 bridgehead atoms. The van der Waals surface area contributed by atoms with Crippen molar-refractivity contribution in [2.75, 3.05) is 14.1 Å². The number of nitrogens with zero attached hydrogens (tertiary/aromatic N) is 1. The Morgan fingerprint density at radius 1 is 1.75 bits per heavy atom. The second kappa shape index (κ2) is 3.72. The van der Waals surface area contributed by atoms with Gasteiger partial charge in [0, 0.05) is 14.1 Å². The fourth-order valence-corrected chi connectivity index (χ4v) is 0.695. The van der Waals surface area contributed by atoms with E-state index in [4.69, 9.17) is 11.6 Å². The van der Waals surface area contributed by atoms with Crippen LogP contribution in [0.15, 0.2) is 4.99 Å². The van der Waals surface area contributed by atoms with E-state index in [2.05, 4.69) is 10.3 Å². The average Bonchev–Trinajstić information content (AvgIpc) is 1.69. The van der Waals surface area contributed by atoms with E-state index in [9.17, 15) is 0 Å². The normalized spacial score (nSPS) is 15.8. The van der Waals surface area contributed by atoms with Crippen LogP contribution in [0.5, 0.6) is 0 Å². The minimum absolute atomic E-state index is 0.00926. The minimum atomic E-state index is -0.00926. The molecular formula is C5H11ClN2. The van der Waals surface area contributed by atoms with Crippen LogP contribution in [0, 0.1) is 0 Å². The summed E-state index contributed by atoms with van der Waals surface area (Å²) < 4.78 is 0. The Morgan fingerprint density at radius 2 is 2.25 bits per heavy atom. The van der Waals surface area contributed by atoms with Crippen LogP contribution in [0.3, 0.4) is 0 Å². The summed E-state index contributed by atoms with van der Waals surface area (Å²) in [5, 5.41) is 2.86. The highest BCUT2D eigenvalue weighted by atomic mass is 35.5. The van der Waals surface area contributed by atoms with Gasteiger partial charge in [-0.05, 0) is 6.92 Å². The Labute approximate surface area is 54.9 Å². The third-order valence-corrected chi connectivity index (χ3v) is 1.08. The van der Waals surface area contributed by atoms with E-state index in [0.717, 1.165) is 5.84 Å². The first-order valence-electron chi connectivity index (χ1n) is 2.51. The summed E-state index contributed by atoms with van der Waals surface area (Å²) in [7, 11) is 3.52. The molecule has 0 aliphatic heterocycles. The molecule has 1 N–H and O–H groups in total. The largest absolute Gasteiger partial charge is 0.376 e. The van der Waals surface area contributed by atoms with Crippen molar-refractivity contribution in [1.82, 2.24) is 5.32 Å². The Kier molecular flexibility index (Phi) is 3.61. The highest BCUT2D eigenvalue weighted by Gasteiger charge is 2.00. The van der Waals surface area contributed by atoms with Crippen LogP contribution in [0.4, 0.5) is 0 Å². The smallest absolute Gasteiger partial charge is 0.114 e. The van der Waals surface area contributed by atoms with Crippen LogP contribution < -0.4 is 5.32 Å². The van der Waals surface area contributed by atoms with Crippen molar-refractivity contribution in [1.29, 1.82) is 0 Å². The van der Waals surface area contributed by atoms with Crippen molar-refractivity contribution in [3.8, 4) is 0 Å². The first-order chi connectivity index (χ1) is 3.72. The minimum Gasteiger partial charge on any atom is -0.376 e. The summed E-state index contributed by atoms with van der Waals surface area (Å²) >= 11 is 5.65. The second-order valence-corrected chi connectivity index (χ2v) is 2.13. The van der Waals surface area contributed by atoms with E-state index < -0.39 is 0 Å². The lowest BCUT2D eigenvalue weighted by molar-refractivity contribution is 1.07. The number of rotatable bonds is 1. The molecule has 0 rings (SSSR count). The van der Waals surface area contributed by atoms with Crippen LogP contribution >= 0.6 is 11.6 Å². The zero-order valence-electron chi connectivity index (χ0n) is 5.40. The summed E-state index contributed by atoms with van der Waals surface area (Å²) in [6, 6.07) is 0. The van der Waals surface area contributed by atoms with Crippen LogP contribution in [-0.4, -0.2) is 25.3 Å². The maximum absolute atomic E-state index is 5.65. The lowest BCUT2D eigenvalue weighted by atomic mass is 10.4. The molecule has 1 atom stereocenters. The summed E-state index contributed by atoms with van der Waals surface area (Å²) in [6.45, 7) is 1.88. The number of amidine groups is 1. The second-order valence-electron chi connectivity index (χ2n) is 1.47. The van der Waals surface area contributed by atoms with Gasteiger partial charge < -0.3 is 5.32 Å². The highest BCUT2D eigenvalue weighted by molar-refractivity contribution is 6.31. The van der Waals surface area contributed by atoms with Gasteiger partial charge in [0.15, 0.2) is 0 Å². The molecule has 2 nitrogen and oxygen atoms in total. The number of hydrogen-bond acceptors (Lipinski definition) is 1. The number of alkyl halides is 1. The van der Waals surface area contributed by atoms with Crippen LogP contribution in [-0.2, 0) is 0 Å². The molecule has 0 aliphatic carbocycles. The molecular weight excluding hydrogens is 124 g/mol. The third kappa shape index (κ3) is 2.17. The van der Waals surface area contributed by atoms with Gasteiger partial charge in [-0.25, -0.2) is 0 Å². The van der Waals surface area contributed by atoms with Crippen molar-refractivity contribution in [2.24, 2.45) is 4.99 Å². The van der Waals surface area contributed by atoms with Gasteiger partial charge in [-0.15, -0.1) is 11.6 Å². The third-order valence-electron chi connectivity index (χ3n) is 0.874. The fraction of sp³-hybridized carbons (Fsp3) is 0.800. The average molecular weight is 135 g/mol. The molecule has 0 saturated heterocycles. The van der Waals surface area contributed by atoms with E-state index in [1.165, 1.54) is 0 Å². The monoisotopic (exact) mass is 134 g/mol. The van der Waals surface area contributed by atoms with Gasteiger partial charge in [-0.2, -0.15) is 0 Å². The van der Waals surface area contributed by atoms with Crippen LogP contribution in [0.2, 0.25) is 0 Å². The number of aliphatic imine (C=N–C) groups is 1. The van der Waals surface area contributed by atoms with Gasteiger partial charge in [0.2, 0.25) is 0 Å². The summed E-state index contributed by atoms with van der Waals surface area (Å²) in [5.41, 5.74) is 0. The van der Waals surface area contributed by atoms with E-state index in [-0.39, 0.29) is 5.38 Å². The van der Waals surface area contributed by atoms with E-state index in [0.29, 0.717) is 0 Å². The molecule has 0 aromatic heterocycles. The molecule has 0 spiro atoms. The molecule has 0 heterocycles. The zero-order valence-corrected chi connectivity index (χ0v) is 6.16. The molecule has 3 heteroatoms. The molecule has 0 fully saturated rings. The van der Waals surface area contributed by atoms with Crippen LogP contribution in [0.25, 0.3) is 0 Å². The van der Waals surface area contributed by atoms with Gasteiger partial charge in [0.1, 0.15) is 5.84 Å². The predicted molar refractivity (Wildman–Crippen MR) is 37.7 cm³/mol. The van der Waals surface area contributed by atoms with Gasteiger partial charge in [-0.1, -0.05) is 0 Å². The van der Waals surface area contributed by atoms with E-state index in [1.54, 1.807) is 14.1 Å². The van der Waals surface area contributed by atoms with Crippen molar-refractivity contribution in [3.63, 3.8) is 0 Å². The zero-order chi connectivity index (χ0) is 6.57. The Balaban J connectivity index is 3.72.